The first-order chi connectivity index (χ1) is 16.3. The minimum absolute atomic E-state index is 0.202. The number of carbonyl (C=O) groups is 1. The predicted octanol–water partition coefficient (Wildman–Crippen LogP) is 3.28. The molecule has 0 spiro atoms. The third kappa shape index (κ3) is 5.81. The zero-order chi connectivity index (χ0) is 24.1. The summed E-state index contributed by atoms with van der Waals surface area (Å²) in [7, 11) is -3.59. The summed E-state index contributed by atoms with van der Waals surface area (Å²) < 4.78 is 35.0. The van der Waals surface area contributed by atoms with E-state index in [1.165, 1.54) is 30.6 Å². The minimum Gasteiger partial charge on any atom is -0.492 e. The van der Waals surface area contributed by atoms with E-state index < -0.39 is 10.0 Å². The van der Waals surface area contributed by atoms with E-state index in [0.717, 1.165) is 6.42 Å². The van der Waals surface area contributed by atoms with Crippen LogP contribution in [0.3, 0.4) is 0 Å². The second-order valence-corrected chi connectivity index (χ2v) is 10.7. The van der Waals surface area contributed by atoms with Crippen molar-refractivity contribution < 1.29 is 17.9 Å². The van der Waals surface area contributed by atoms with Crippen LogP contribution < -0.4 is 10.1 Å². The number of aromatic nitrogens is 3. The second-order valence-electron chi connectivity index (χ2n) is 8.78. The molecule has 0 radical (unpaired) electrons. The maximum atomic E-state index is 13.1. The van der Waals surface area contributed by atoms with Gasteiger partial charge in [0.1, 0.15) is 25.0 Å². The molecule has 1 aliphatic heterocycles. The number of piperidine rings is 1. The van der Waals surface area contributed by atoms with Crippen LogP contribution in [0.25, 0.3) is 0 Å². The highest BCUT2D eigenvalue weighted by Gasteiger charge is 2.31. The lowest BCUT2D eigenvalue weighted by atomic mass is 9.94. The number of benzene rings is 2. The molecule has 0 aliphatic carbocycles. The summed E-state index contributed by atoms with van der Waals surface area (Å²) in [5.41, 5.74) is 0.952. The van der Waals surface area contributed by atoms with Gasteiger partial charge in [-0.05, 0) is 54.7 Å². The molecule has 3 aromatic rings. The fraction of sp³-hybridized carbons (Fsp3) is 0.375. The zero-order valence-electron chi connectivity index (χ0n) is 19.3. The largest absolute Gasteiger partial charge is 0.492 e. The monoisotopic (exact) mass is 483 g/mol. The number of sulfonamides is 1. The highest BCUT2D eigenvalue weighted by Crippen LogP contribution is 2.27. The summed E-state index contributed by atoms with van der Waals surface area (Å²) in [6.45, 7) is 6.15. The molecule has 0 saturated carbocycles. The highest BCUT2D eigenvalue weighted by molar-refractivity contribution is 7.89. The summed E-state index contributed by atoms with van der Waals surface area (Å²) >= 11 is 0. The topological polar surface area (TPSA) is 106 Å². The smallest absolute Gasteiger partial charge is 0.255 e. The fourth-order valence-electron chi connectivity index (χ4n) is 4.20. The van der Waals surface area contributed by atoms with Crippen LogP contribution in [0.5, 0.6) is 5.75 Å². The van der Waals surface area contributed by atoms with Gasteiger partial charge in [-0.25, -0.2) is 18.1 Å². The van der Waals surface area contributed by atoms with Crippen LogP contribution in [-0.4, -0.2) is 53.1 Å². The van der Waals surface area contributed by atoms with Crippen molar-refractivity contribution in [1.29, 1.82) is 0 Å². The number of hydrogen-bond acceptors (Lipinski definition) is 6. The van der Waals surface area contributed by atoms with Crippen molar-refractivity contribution in [2.45, 2.75) is 31.7 Å². The average molecular weight is 484 g/mol. The van der Waals surface area contributed by atoms with Crippen molar-refractivity contribution in [3.05, 3.63) is 66.7 Å². The lowest BCUT2D eigenvalue weighted by Crippen LogP contribution is -2.42. The molecule has 2 aromatic carbocycles. The van der Waals surface area contributed by atoms with Crippen LogP contribution in [0.1, 0.15) is 30.6 Å². The van der Waals surface area contributed by atoms with Gasteiger partial charge in [-0.1, -0.05) is 19.9 Å². The normalized spacial score (nSPS) is 19.0. The molecule has 1 aromatic heterocycles. The van der Waals surface area contributed by atoms with Crippen molar-refractivity contribution in [3.8, 4) is 5.75 Å². The summed E-state index contributed by atoms with van der Waals surface area (Å²) in [5.74, 6) is 0.935. The van der Waals surface area contributed by atoms with Crippen LogP contribution in [0.15, 0.2) is 66.1 Å². The number of rotatable bonds is 8. The Bertz CT molecular complexity index is 1200. The van der Waals surface area contributed by atoms with Crippen molar-refractivity contribution >= 4 is 21.6 Å². The van der Waals surface area contributed by atoms with Crippen LogP contribution in [-0.2, 0) is 16.6 Å². The molecule has 1 fully saturated rings. The molecule has 1 amide bonds. The van der Waals surface area contributed by atoms with Crippen LogP contribution in [0.4, 0.5) is 5.69 Å². The number of anilines is 1. The van der Waals surface area contributed by atoms with Crippen molar-refractivity contribution in [3.63, 3.8) is 0 Å². The van der Waals surface area contributed by atoms with Crippen molar-refractivity contribution in [2.75, 3.05) is 25.0 Å². The third-order valence-corrected chi connectivity index (χ3v) is 7.58. The van der Waals surface area contributed by atoms with Crippen LogP contribution in [0, 0.1) is 11.8 Å². The third-order valence-electron chi connectivity index (χ3n) is 5.74. The van der Waals surface area contributed by atoms with E-state index in [0.29, 0.717) is 55.1 Å². The Balaban J connectivity index is 1.37. The van der Waals surface area contributed by atoms with Crippen molar-refractivity contribution in [1.82, 2.24) is 19.1 Å². The summed E-state index contributed by atoms with van der Waals surface area (Å²) in [5, 5.41) is 6.85. The summed E-state index contributed by atoms with van der Waals surface area (Å²) in [4.78, 5) is 16.8. The molecule has 2 heterocycles. The maximum absolute atomic E-state index is 13.1. The van der Waals surface area contributed by atoms with Gasteiger partial charge in [0.2, 0.25) is 10.0 Å². The molecular formula is C24H29N5O4S. The van der Waals surface area contributed by atoms with Crippen molar-refractivity contribution in [2.24, 2.45) is 11.8 Å². The Morgan fingerprint density at radius 1 is 1.12 bits per heavy atom. The van der Waals surface area contributed by atoms with Gasteiger partial charge in [0.15, 0.2) is 0 Å². The molecular weight excluding hydrogens is 454 g/mol. The molecule has 10 heteroatoms. The van der Waals surface area contributed by atoms with Gasteiger partial charge in [-0.3, -0.25) is 4.79 Å². The lowest BCUT2D eigenvalue weighted by Gasteiger charge is -2.34. The highest BCUT2D eigenvalue weighted by atomic mass is 32.2. The standard InChI is InChI=1S/C24H29N5O4S/c1-18-12-19(2)15-29(14-18)34(31,32)23-8-6-20(7-9-23)24(30)27-21-4-3-5-22(13-21)33-11-10-28-17-25-16-26-28/h3-9,13,16-19H,10-12,14-15H2,1-2H3,(H,27,30). The number of amides is 1. The van der Waals surface area contributed by atoms with E-state index in [4.69, 9.17) is 4.74 Å². The van der Waals surface area contributed by atoms with E-state index in [-0.39, 0.29) is 10.8 Å². The Hall–Kier alpha value is -3.24. The van der Waals surface area contributed by atoms with E-state index >= 15 is 0 Å². The SMILES string of the molecule is CC1CC(C)CN(S(=O)(=O)c2ccc(C(=O)Nc3cccc(OCCn4cncn4)c3)cc2)C1. The quantitative estimate of drug-likeness (QED) is 0.527. The first-order valence-corrected chi connectivity index (χ1v) is 12.7. The van der Waals surface area contributed by atoms with E-state index in [1.54, 1.807) is 39.6 Å². The molecule has 0 bridgehead atoms. The Kier molecular flexibility index (Phi) is 7.28. The average Bonchev–Trinajstić information content (AvgIpc) is 3.32. The van der Waals surface area contributed by atoms with E-state index in [9.17, 15) is 13.2 Å². The van der Waals surface area contributed by atoms with Gasteiger partial charge >= 0.3 is 0 Å². The molecule has 1 N–H and O–H groups in total. The summed E-state index contributed by atoms with van der Waals surface area (Å²) in [6.07, 6.45) is 4.11. The van der Waals surface area contributed by atoms with Gasteiger partial charge in [-0.2, -0.15) is 9.40 Å². The number of nitrogens with one attached hydrogen (secondary N) is 1. The molecule has 2 atom stereocenters. The first-order valence-electron chi connectivity index (χ1n) is 11.3. The molecule has 4 rings (SSSR count). The number of hydrogen-bond donors (Lipinski definition) is 1. The van der Waals surface area contributed by atoms with Crippen LogP contribution >= 0.6 is 0 Å². The number of carbonyl (C=O) groups excluding carboxylic acids is 1. The van der Waals surface area contributed by atoms with Gasteiger partial charge < -0.3 is 10.1 Å². The Morgan fingerprint density at radius 2 is 1.85 bits per heavy atom. The lowest BCUT2D eigenvalue weighted by molar-refractivity contribution is 0.102. The molecule has 9 nitrogen and oxygen atoms in total. The van der Waals surface area contributed by atoms with Gasteiger partial charge in [0, 0.05) is 30.4 Å². The summed E-state index contributed by atoms with van der Waals surface area (Å²) in [6, 6.07) is 13.2. The van der Waals surface area contributed by atoms with Gasteiger partial charge in [-0.15, -0.1) is 0 Å². The molecule has 1 aliphatic rings. The maximum Gasteiger partial charge on any atom is 0.255 e. The Labute approximate surface area is 199 Å². The molecule has 34 heavy (non-hydrogen) atoms. The molecule has 2 unspecified atom stereocenters. The van der Waals surface area contributed by atoms with E-state index in [2.05, 4.69) is 29.2 Å². The first kappa shape index (κ1) is 23.9. The van der Waals surface area contributed by atoms with Crippen LogP contribution in [0.2, 0.25) is 0 Å². The molecule has 1 saturated heterocycles. The Morgan fingerprint density at radius 3 is 2.53 bits per heavy atom. The second kappa shape index (κ2) is 10.4. The minimum atomic E-state index is -3.59. The van der Waals surface area contributed by atoms with E-state index in [1.807, 2.05) is 0 Å². The predicted molar refractivity (Wildman–Crippen MR) is 128 cm³/mol. The zero-order valence-corrected chi connectivity index (χ0v) is 20.1. The van der Waals surface area contributed by atoms with Gasteiger partial charge in [0.25, 0.3) is 5.91 Å². The number of nitrogens with zero attached hydrogens (tertiary/aromatic N) is 4. The number of ether oxygens (including phenoxy) is 1. The molecule has 180 valence electrons. The fourth-order valence-corrected chi connectivity index (χ4v) is 5.88. The van der Waals surface area contributed by atoms with Gasteiger partial charge in [0.05, 0.1) is 11.4 Å².